The van der Waals surface area contributed by atoms with Crippen LogP contribution in [-0.2, 0) is 6.18 Å². The van der Waals surface area contributed by atoms with Crippen molar-refractivity contribution in [3.05, 3.63) is 40.8 Å². The maximum absolute atomic E-state index is 12.7. The van der Waals surface area contributed by atoms with Gasteiger partial charge >= 0.3 is 6.18 Å². The molecule has 1 aromatic heterocycles. The van der Waals surface area contributed by atoms with E-state index < -0.39 is 17.5 Å². The van der Waals surface area contributed by atoms with Gasteiger partial charge < -0.3 is 5.11 Å². The number of hydrogen-bond donors (Lipinski definition) is 1. The first-order chi connectivity index (χ1) is 8.43. The van der Waals surface area contributed by atoms with Crippen LogP contribution in [0.2, 0.25) is 0 Å². The number of carbonyl (C=O) groups excluding carboxylic acids is 1. The van der Waals surface area contributed by atoms with E-state index in [4.69, 9.17) is 0 Å². The Balaban J connectivity index is 2.68. The van der Waals surface area contributed by atoms with Gasteiger partial charge in [0.05, 0.1) is 11.1 Å². The van der Waals surface area contributed by atoms with Crippen LogP contribution in [0.5, 0.6) is 5.75 Å². The summed E-state index contributed by atoms with van der Waals surface area (Å²) in [6.45, 7) is 0. The molecule has 1 heterocycles. The molecule has 0 aliphatic carbocycles. The molecule has 2 rings (SSSR count). The van der Waals surface area contributed by atoms with E-state index in [1.165, 1.54) is 17.4 Å². The Morgan fingerprint density at radius 3 is 2.50 bits per heavy atom. The Hall–Kier alpha value is -1.82. The van der Waals surface area contributed by atoms with Crippen molar-refractivity contribution in [3.8, 4) is 16.2 Å². The van der Waals surface area contributed by atoms with Gasteiger partial charge in [0.2, 0.25) is 0 Å². The maximum atomic E-state index is 12.7. The average Bonchev–Trinajstić information content (AvgIpc) is 2.81. The number of hydrogen-bond acceptors (Lipinski definition) is 3. The quantitative estimate of drug-likeness (QED) is 0.840. The molecule has 0 aliphatic heterocycles. The Morgan fingerprint density at radius 2 is 2.00 bits per heavy atom. The van der Waals surface area contributed by atoms with Crippen molar-refractivity contribution in [2.75, 3.05) is 0 Å². The number of rotatable bonds is 2. The van der Waals surface area contributed by atoms with E-state index in [-0.39, 0.29) is 17.4 Å². The number of aldehydes is 1. The van der Waals surface area contributed by atoms with E-state index in [0.29, 0.717) is 4.88 Å². The fourth-order valence-electron chi connectivity index (χ4n) is 1.55. The standard InChI is InChI=1S/C12H7F3O2S/c13-12(14,15)9-5-7(10-2-1-3-18-10)4-8(6-16)11(9)17/h1-6,17H. The lowest BCUT2D eigenvalue weighted by atomic mass is 10.0. The van der Waals surface area contributed by atoms with Crippen molar-refractivity contribution >= 4 is 17.6 Å². The zero-order valence-electron chi connectivity index (χ0n) is 8.86. The molecule has 2 nitrogen and oxygen atoms in total. The molecule has 1 aromatic carbocycles. The number of carbonyl (C=O) groups is 1. The number of thiophene rings is 1. The fraction of sp³-hybridized carbons (Fsp3) is 0.0833. The highest BCUT2D eigenvalue weighted by Crippen LogP contribution is 2.40. The van der Waals surface area contributed by atoms with Crippen molar-refractivity contribution in [2.45, 2.75) is 6.18 Å². The van der Waals surface area contributed by atoms with Gasteiger partial charge in [-0.3, -0.25) is 4.79 Å². The maximum Gasteiger partial charge on any atom is 0.420 e. The van der Waals surface area contributed by atoms with Crippen LogP contribution in [0.25, 0.3) is 10.4 Å². The first-order valence-corrected chi connectivity index (χ1v) is 5.74. The lowest BCUT2D eigenvalue weighted by molar-refractivity contribution is -0.138. The van der Waals surface area contributed by atoms with Crippen molar-refractivity contribution in [1.29, 1.82) is 0 Å². The first-order valence-electron chi connectivity index (χ1n) is 4.86. The largest absolute Gasteiger partial charge is 0.507 e. The van der Waals surface area contributed by atoms with E-state index in [1.807, 2.05) is 0 Å². The summed E-state index contributed by atoms with van der Waals surface area (Å²) in [6.07, 6.45) is -4.49. The summed E-state index contributed by atoms with van der Waals surface area (Å²) in [5, 5.41) is 11.1. The summed E-state index contributed by atoms with van der Waals surface area (Å²) in [5.74, 6) is -1.03. The first kappa shape index (κ1) is 12.6. The third-order valence-electron chi connectivity index (χ3n) is 2.38. The van der Waals surface area contributed by atoms with Crippen LogP contribution in [0.4, 0.5) is 13.2 Å². The number of halogens is 3. The van der Waals surface area contributed by atoms with Crippen LogP contribution in [0.3, 0.4) is 0 Å². The molecule has 0 fully saturated rings. The fourth-order valence-corrected chi connectivity index (χ4v) is 2.26. The summed E-state index contributed by atoms with van der Waals surface area (Å²) in [6, 6.07) is 5.42. The van der Waals surface area contributed by atoms with Crippen LogP contribution in [0, 0.1) is 0 Å². The van der Waals surface area contributed by atoms with Crippen molar-refractivity contribution in [1.82, 2.24) is 0 Å². The molecule has 0 saturated carbocycles. The van der Waals surface area contributed by atoms with Gasteiger partial charge in [0.15, 0.2) is 6.29 Å². The highest BCUT2D eigenvalue weighted by atomic mass is 32.1. The number of phenolic OH excluding ortho intramolecular Hbond substituents is 1. The molecular weight excluding hydrogens is 265 g/mol. The van der Waals surface area contributed by atoms with E-state index in [9.17, 15) is 23.1 Å². The minimum absolute atomic E-state index is 0.210. The van der Waals surface area contributed by atoms with Crippen molar-refractivity contribution in [3.63, 3.8) is 0 Å². The van der Waals surface area contributed by atoms with Crippen LogP contribution in [0.15, 0.2) is 29.6 Å². The zero-order chi connectivity index (χ0) is 13.3. The summed E-state index contributed by atoms with van der Waals surface area (Å²) < 4.78 is 38.1. The minimum Gasteiger partial charge on any atom is -0.507 e. The molecule has 2 aromatic rings. The zero-order valence-corrected chi connectivity index (χ0v) is 9.68. The van der Waals surface area contributed by atoms with Gasteiger partial charge in [0.1, 0.15) is 5.75 Å². The molecule has 0 radical (unpaired) electrons. The summed E-state index contributed by atoms with van der Waals surface area (Å²) >= 11 is 1.26. The molecule has 0 unspecified atom stereocenters. The highest BCUT2D eigenvalue weighted by Gasteiger charge is 2.35. The van der Waals surface area contributed by atoms with Crippen molar-refractivity contribution < 1.29 is 23.1 Å². The molecular formula is C12H7F3O2S. The van der Waals surface area contributed by atoms with Gasteiger partial charge in [-0.15, -0.1) is 11.3 Å². The Bertz CT molecular complexity index is 574. The third-order valence-corrected chi connectivity index (χ3v) is 3.30. The topological polar surface area (TPSA) is 37.3 Å². The van der Waals surface area contributed by atoms with Gasteiger partial charge in [0, 0.05) is 4.88 Å². The molecule has 0 saturated heterocycles. The van der Waals surface area contributed by atoms with Crippen LogP contribution in [0.1, 0.15) is 15.9 Å². The minimum atomic E-state index is -4.70. The van der Waals surface area contributed by atoms with Crippen LogP contribution < -0.4 is 0 Å². The average molecular weight is 272 g/mol. The van der Waals surface area contributed by atoms with Crippen LogP contribution >= 0.6 is 11.3 Å². The molecule has 0 spiro atoms. The Morgan fingerprint density at radius 1 is 1.28 bits per heavy atom. The predicted molar refractivity (Wildman–Crippen MR) is 61.8 cm³/mol. The highest BCUT2D eigenvalue weighted by molar-refractivity contribution is 7.13. The second-order valence-electron chi connectivity index (χ2n) is 3.55. The second kappa shape index (κ2) is 4.45. The van der Waals surface area contributed by atoms with Crippen LogP contribution in [-0.4, -0.2) is 11.4 Å². The molecule has 94 valence electrons. The van der Waals surface area contributed by atoms with Crippen molar-refractivity contribution in [2.24, 2.45) is 0 Å². The number of aromatic hydroxyl groups is 1. The van der Waals surface area contributed by atoms with E-state index in [2.05, 4.69) is 0 Å². The normalized spacial score (nSPS) is 11.5. The Labute approximate surface area is 104 Å². The molecule has 0 aliphatic rings. The van der Waals surface area contributed by atoms with Gasteiger partial charge in [-0.05, 0) is 29.1 Å². The third kappa shape index (κ3) is 2.24. The predicted octanol–water partition coefficient (Wildman–Crippen LogP) is 3.95. The SMILES string of the molecule is O=Cc1cc(-c2cccs2)cc(C(F)(F)F)c1O. The van der Waals surface area contributed by atoms with E-state index in [0.717, 1.165) is 6.07 Å². The molecule has 0 bridgehead atoms. The monoisotopic (exact) mass is 272 g/mol. The summed E-state index contributed by atoms with van der Waals surface area (Å²) in [7, 11) is 0. The molecule has 0 atom stereocenters. The van der Waals surface area contributed by atoms with Gasteiger partial charge in [0.25, 0.3) is 0 Å². The number of benzene rings is 1. The molecule has 0 amide bonds. The van der Waals surface area contributed by atoms with Gasteiger partial charge in [-0.2, -0.15) is 13.2 Å². The van der Waals surface area contributed by atoms with E-state index >= 15 is 0 Å². The lowest BCUT2D eigenvalue weighted by Crippen LogP contribution is -2.06. The molecule has 6 heteroatoms. The summed E-state index contributed by atoms with van der Waals surface area (Å²) in [5.41, 5.74) is -1.30. The number of alkyl halides is 3. The summed E-state index contributed by atoms with van der Waals surface area (Å²) in [4.78, 5) is 11.3. The second-order valence-corrected chi connectivity index (χ2v) is 4.50. The molecule has 1 N–H and O–H groups in total. The molecule has 18 heavy (non-hydrogen) atoms. The lowest BCUT2D eigenvalue weighted by Gasteiger charge is -2.12. The van der Waals surface area contributed by atoms with Gasteiger partial charge in [-0.1, -0.05) is 6.07 Å². The Kier molecular flexibility index (Phi) is 3.13. The van der Waals surface area contributed by atoms with E-state index in [1.54, 1.807) is 17.5 Å². The van der Waals surface area contributed by atoms with Gasteiger partial charge in [-0.25, -0.2) is 0 Å². The smallest absolute Gasteiger partial charge is 0.420 e. The number of phenols is 1.